The molecule has 1 heterocycles. The van der Waals surface area contributed by atoms with Crippen LogP contribution in [0.15, 0.2) is 34.9 Å². The van der Waals surface area contributed by atoms with E-state index < -0.39 is 7.25 Å². The number of aryl methyl sites for hydroxylation is 2. The first kappa shape index (κ1) is 15.6. The minimum absolute atomic E-state index is 0.737. The first-order valence-electron chi connectivity index (χ1n) is 5.27. The molecule has 0 aliphatic heterocycles. The van der Waals surface area contributed by atoms with Crippen LogP contribution in [-0.2, 0) is 7.05 Å². The molecule has 0 saturated heterocycles. The molecule has 1 aromatic heterocycles. The molecule has 104 valence electrons. The molecule has 0 N–H and O–H groups in total. The van der Waals surface area contributed by atoms with Crippen molar-refractivity contribution in [1.29, 1.82) is 0 Å². The van der Waals surface area contributed by atoms with Crippen LogP contribution in [-0.4, -0.2) is 7.25 Å². The zero-order chi connectivity index (χ0) is 14.6. The third-order valence-electron chi connectivity index (χ3n) is 2.20. The minimum Gasteiger partial charge on any atom is -0.418 e. The van der Waals surface area contributed by atoms with Gasteiger partial charge in [-0.1, -0.05) is 11.6 Å². The van der Waals surface area contributed by atoms with Crippen LogP contribution >= 0.6 is 11.6 Å². The lowest BCUT2D eigenvalue weighted by Gasteiger charge is -1.94. The van der Waals surface area contributed by atoms with Crippen molar-refractivity contribution in [2.45, 2.75) is 6.92 Å². The maximum absolute atomic E-state index is 9.75. The van der Waals surface area contributed by atoms with Crippen molar-refractivity contribution >= 4 is 18.9 Å². The van der Waals surface area contributed by atoms with Crippen LogP contribution in [0.1, 0.15) is 5.69 Å². The van der Waals surface area contributed by atoms with Gasteiger partial charge < -0.3 is 17.3 Å². The summed E-state index contributed by atoms with van der Waals surface area (Å²) in [6, 6.07) is 9.61. The van der Waals surface area contributed by atoms with Gasteiger partial charge in [0.15, 0.2) is 7.05 Å². The summed E-state index contributed by atoms with van der Waals surface area (Å²) in [6.45, 7) is 2.00. The summed E-state index contributed by atoms with van der Waals surface area (Å²) < 4.78 is 46.3. The minimum atomic E-state index is -6.00. The van der Waals surface area contributed by atoms with E-state index in [4.69, 9.17) is 16.1 Å². The van der Waals surface area contributed by atoms with E-state index in [1.54, 1.807) is 4.74 Å². The molecule has 2 rings (SSSR count). The molecule has 2 aromatic rings. The number of benzene rings is 1. The standard InChI is InChI=1S/C11H11ClNO.BF4/c1-8-7-11(14-13(8)2)9-3-5-10(12)6-4-9;2-1(3,4)5/h3-7H,1-2H3;/q+1;-1. The highest BCUT2D eigenvalue weighted by Crippen LogP contribution is 2.21. The van der Waals surface area contributed by atoms with Crippen molar-refractivity contribution in [3.05, 3.63) is 41.0 Å². The van der Waals surface area contributed by atoms with E-state index >= 15 is 0 Å². The molecular formula is C11H11BClF4NO. The van der Waals surface area contributed by atoms with E-state index in [0.717, 1.165) is 22.0 Å². The van der Waals surface area contributed by atoms with Crippen molar-refractivity contribution in [2.24, 2.45) is 7.05 Å². The molecule has 0 amide bonds. The predicted octanol–water partition coefficient (Wildman–Crippen LogP) is 4.03. The van der Waals surface area contributed by atoms with Gasteiger partial charge in [-0.3, -0.25) is 0 Å². The molecule has 0 unspecified atom stereocenters. The molecule has 0 atom stereocenters. The summed E-state index contributed by atoms with van der Waals surface area (Å²) in [6.07, 6.45) is 0. The average molecular weight is 295 g/mol. The van der Waals surface area contributed by atoms with Crippen LogP contribution in [0.5, 0.6) is 0 Å². The first-order valence-corrected chi connectivity index (χ1v) is 5.65. The highest BCUT2D eigenvalue weighted by atomic mass is 35.5. The Bertz CT molecular complexity index is 513. The van der Waals surface area contributed by atoms with Crippen LogP contribution in [0.3, 0.4) is 0 Å². The van der Waals surface area contributed by atoms with Crippen LogP contribution in [0.4, 0.5) is 17.3 Å². The SMILES string of the molecule is Cc1cc(-c2ccc(Cl)cc2)o[n+]1C.F[B-](F)(F)F. The van der Waals surface area contributed by atoms with Gasteiger partial charge in [0.05, 0.1) is 6.07 Å². The summed E-state index contributed by atoms with van der Waals surface area (Å²) in [7, 11) is -4.12. The second-order valence-electron chi connectivity index (χ2n) is 3.74. The molecule has 0 bridgehead atoms. The lowest BCUT2D eigenvalue weighted by atomic mass is 10.2. The lowest BCUT2D eigenvalue weighted by Crippen LogP contribution is -2.27. The van der Waals surface area contributed by atoms with E-state index in [1.807, 2.05) is 44.3 Å². The lowest BCUT2D eigenvalue weighted by molar-refractivity contribution is -0.847. The first-order chi connectivity index (χ1) is 8.66. The maximum atomic E-state index is 9.75. The smallest absolute Gasteiger partial charge is 0.418 e. The molecule has 0 fully saturated rings. The fraction of sp³-hybridized carbons (Fsp3) is 0.182. The molecule has 0 spiro atoms. The Morgan fingerprint density at radius 2 is 1.58 bits per heavy atom. The summed E-state index contributed by atoms with van der Waals surface area (Å²) in [5.74, 6) is 0.863. The van der Waals surface area contributed by atoms with Gasteiger partial charge in [0.2, 0.25) is 11.5 Å². The monoisotopic (exact) mass is 295 g/mol. The zero-order valence-electron chi connectivity index (χ0n) is 10.2. The number of hydrogen-bond acceptors (Lipinski definition) is 1. The predicted molar refractivity (Wildman–Crippen MR) is 65.3 cm³/mol. The second-order valence-corrected chi connectivity index (χ2v) is 4.18. The molecule has 1 aromatic carbocycles. The Hall–Kier alpha value is -1.50. The van der Waals surface area contributed by atoms with Crippen molar-refractivity contribution < 1.29 is 26.5 Å². The summed E-state index contributed by atoms with van der Waals surface area (Å²) >= 11 is 5.80. The van der Waals surface area contributed by atoms with E-state index in [1.165, 1.54) is 0 Å². The molecule has 8 heteroatoms. The van der Waals surface area contributed by atoms with Crippen molar-refractivity contribution in [1.82, 2.24) is 0 Å². The van der Waals surface area contributed by atoms with Crippen molar-refractivity contribution in [2.75, 3.05) is 0 Å². The normalized spacial score (nSPS) is 10.9. The average Bonchev–Trinajstić information content (AvgIpc) is 2.58. The zero-order valence-corrected chi connectivity index (χ0v) is 11.0. The topological polar surface area (TPSA) is 17.0 Å². The van der Waals surface area contributed by atoms with Gasteiger partial charge in [-0.25, -0.2) is 4.52 Å². The van der Waals surface area contributed by atoms with Gasteiger partial charge in [0.1, 0.15) is 0 Å². The maximum Gasteiger partial charge on any atom is 0.673 e. The number of nitrogens with zero attached hydrogens (tertiary/aromatic N) is 1. The van der Waals surface area contributed by atoms with Gasteiger partial charge in [-0.05, 0) is 29.0 Å². The molecule has 0 radical (unpaired) electrons. The van der Waals surface area contributed by atoms with Crippen LogP contribution in [0, 0.1) is 6.92 Å². The fourth-order valence-electron chi connectivity index (χ4n) is 1.28. The Morgan fingerprint density at radius 3 is 1.95 bits per heavy atom. The van der Waals surface area contributed by atoms with Crippen LogP contribution in [0.25, 0.3) is 11.3 Å². The van der Waals surface area contributed by atoms with Crippen molar-refractivity contribution in [3.63, 3.8) is 0 Å². The van der Waals surface area contributed by atoms with Crippen LogP contribution < -0.4 is 4.74 Å². The molecule has 0 aliphatic carbocycles. The molecule has 0 aliphatic rings. The Kier molecular flexibility index (Phi) is 5.00. The Labute approximate surface area is 112 Å². The third kappa shape index (κ3) is 5.78. The van der Waals surface area contributed by atoms with E-state index in [-0.39, 0.29) is 0 Å². The number of aromatic nitrogens is 1. The number of rotatable bonds is 1. The summed E-state index contributed by atoms with van der Waals surface area (Å²) in [4.78, 5) is 0. The van der Waals surface area contributed by atoms with Gasteiger partial charge in [-0.2, -0.15) is 0 Å². The number of halogens is 5. The highest BCUT2D eigenvalue weighted by Gasteiger charge is 2.20. The van der Waals surface area contributed by atoms with E-state index in [2.05, 4.69) is 0 Å². The molecule has 19 heavy (non-hydrogen) atoms. The second kappa shape index (κ2) is 6.10. The van der Waals surface area contributed by atoms with Gasteiger partial charge in [0, 0.05) is 17.5 Å². The number of hydrogen-bond donors (Lipinski definition) is 0. The van der Waals surface area contributed by atoms with E-state index in [9.17, 15) is 17.3 Å². The largest absolute Gasteiger partial charge is 0.673 e. The van der Waals surface area contributed by atoms with Gasteiger partial charge in [0.25, 0.3) is 0 Å². The molecular weight excluding hydrogens is 284 g/mol. The van der Waals surface area contributed by atoms with Gasteiger partial charge in [-0.15, -0.1) is 0 Å². The summed E-state index contributed by atoms with van der Waals surface area (Å²) in [5, 5.41) is 0.737. The highest BCUT2D eigenvalue weighted by molar-refractivity contribution is 6.50. The fourth-order valence-corrected chi connectivity index (χ4v) is 1.40. The molecule has 0 saturated carbocycles. The van der Waals surface area contributed by atoms with Gasteiger partial charge >= 0.3 is 7.25 Å². The quantitative estimate of drug-likeness (QED) is 0.441. The van der Waals surface area contributed by atoms with Crippen molar-refractivity contribution in [3.8, 4) is 11.3 Å². The Morgan fingerprint density at radius 1 is 1.11 bits per heavy atom. The Balaban J connectivity index is 0.000000312. The summed E-state index contributed by atoms with van der Waals surface area (Å²) in [5.41, 5.74) is 2.13. The molecule has 2 nitrogen and oxygen atoms in total. The van der Waals surface area contributed by atoms with Crippen LogP contribution in [0.2, 0.25) is 5.02 Å². The van der Waals surface area contributed by atoms with E-state index in [0.29, 0.717) is 0 Å². The third-order valence-corrected chi connectivity index (χ3v) is 2.45.